The van der Waals surface area contributed by atoms with Gasteiger partial charge in [0.05, 0.1) is 27.8 Å². The molecule has 0 fully saturated rings. The Hall–Kier alpha value is -8.14. The maximum Gasteiger partial charge on any atom is 0.0543 e. The van der Waals surface area contributed by atoms with Crippen LogP contribution < -0.4 is 4.90 Å². The minimum atomic E-state index is 1.12. The van der Waals surface area contributed by atoms with Crippen LogP contribution in [0.1, 0.15) is 5.56 Å². The van der Waals surface area contributed by atoms with E-state index in [4.69, 9.17) is 0 Å². The molecule has 2 heterocycles. The lowest BCUT2D eigenvalue weighted by Gasteiger charge is -2.25. The maximum atomic E-state index is 2.45. The van der Waals surface area contributed by atoms with Crippen LogP contribution in [-0.4, -0.2) is 9.13 Å². The van der Waals surface area contributed by atoms with Crippen LogP contribution in [0.5, 0.6) is 0 Å². The first-order chi connectivity index (χ1) is 30.7. The minimum absolute atomic E-state index is 1.12. The Morgan fingerprint density at radius 2 is 0.742 bits per heavy atom. The highest BCUT2D eigenvalue weighted by Crippen LogP contribution is 2.40. The van der Waals surface area contributed by atoms with Gasteiger partial charge in [0.25, 0.3) is 0 Å². The molecular weight excluding hydrogens is 751 g/mol. The van der Waals surface area contributed by atoms with E-state index in [2.05, 4.69) is 251 Å². The molecule has 10 aromatic carbocycles. The molecule has 3 nitrogen and oxygen atoms in total. The topological polar surface area (TPSA) is 13.1 Å². The van der Waals surface area contributed by atoms with E-state index in [-0.39, 0.29) is 0 Å². The Morgan fingerprint density at radius 3 is 1.34 bits per heavy atom. The molecule has 0 bridgehead atoms. The van der Waals surface area contributed by atoms with Crippen LogP contribution in [0.25, 0.3) is 88.0 Å². The van der Waals surface area contributed by atoms with Gasteiger partial charge in [0.1, 0.15) is 0 Å². The number of anilines is 3. The van der Waals surface area contributed by atoms with Crippen molar-refractivity contribution in [1.29, 1.82) is 0 Å². The van der Waals surface area contributed by atoms with Crippen molar-refractivity contribution in [2.45, 2.75) is 6.92 Å². The van der Waals surface area contributed by atoms with E-state index >= 15 is 0 Å². The molecule has 0 radical (unpaired) electrons. The smallest absolute Gasteiger partial charge is 0.0543 e. The third-order valence-electron chi connectivity index (χ3n) is 12.5. The first kappa shape index (κ1) is 35.8. The highest BCUT2D eigenvalue weighted by molar-refractivity contribution is 6.13. The Kier molecular flexibility index (Phi) is 8.39. The van der Waals surface area contributed by atoms with Gasteiger partial charge < -0.3 is 14.0 Å². The maximum absolute atomic E-state index is 2.45. The van der Waals surface area contributed by atoms with Gasteiger partial charge >= 0.3 is 0 Å². The highest BCUT2D eigenvalue weighted by atomic mass is 15.1. The summed E-state index contributed by atoms with van der Waals surface area (Å²) in [6.45, 7) is 2.19. The molecular formula is C59H41N3. The van der Waals surface area contributed by atoms with Crippen LogP contribution >= 0.6 is 0 Å². The lowest BCUT2D eigenvalue weighted by Crippen LogP contribution is -2.09. The number of benzene rings is 10. The number of rotatable bonds is 7. The SMILES string of the molecule is Cc1cc(-n2c3ccccc3c3cc(-c4ccc5c(c4)c4ccccc4n5-c4ccc(-c5ccc(N(c6ccccc6)c6ccccc6)cc5)cc4)ccc32)c2ccccc2c1. The van der Waals surface area contributed by atoms with E-state index in [9.17, 15) is 0 Å². The molecule has 2 aromatic heterocycles. The fraction of sp³-hybridized carbons (Fsp3) is 0.0169. The molecule has 3 heteroatoms. The van der Waals surface area contributed by atoms with Crippen LogP contribution in [-0.2, 0) is 0 Å². The number of aryl methyl sites for hydroxylation is 1. The molecule has 0 spiro atoms. The average molecular weight is 792 g/mol. The molecule has 0 unspecified atom stereocenters. The van der Waals surface area contributed by atoms with Crippen LogP contribution in [0.2, 0.25) is 0 Å². The third-order valence-corrected chi connectivity index (χ3v) is 12.5. The summed E-state index contributed by atoms with van der Waals surface area (Å²) in [4.78, 5) is 2.30. The van der Waals surface area contributed by atoms with Crippen LogP contribution in [0.15, 0.2) is 231 Å². The van der Waals surface area contributed by atoms with Gasteiger partial charge in [-0.1, -0.05) is 140 Å². The summed E-state index contributed by atoms with van der Waals surface area (Å²) in [5.74, 6) is 0. The summed E-state index contributed by atoms with van der Waals surface area (Å²) < 4.78 is 4.86. The standard InChI is InChI=1S/C59H41N3/c1-40-36-45-14-8-9-19-50(45)59(37-40)62-56-23-13-11-21-52(56)54-39-44(29-35-58(54)62)43-28-34-57-53(38-43)51-20-10-12-22-55(51)61(57)49-32-26-42(27-33-49)41-24-30-48(31-25-41)60(46-15-4-2-5-16-46)47-17-6-3-7-18-47/h2-39H,1H3. The Labute approximate surface area is 360 Å². The molecule has 0 N–H and O–H groups in total. The lowest BCUT2D eigenvalue weighted by molar-refractivity contribution is 1.18. The highest BCUT2D eigenvalue weighted by Gasteiger charge is 2.18. The van der Waals surface area contributed by atoms with Crippen molar-refractivity contribution in [2.24, 2.45) is 0 Å². The Morgan fingerprint density at radius 1 is 0.306 bits per heavy atom. The van der Waals surface area contributed by atoms with Crippen molar-refractivity contribution in [1.82, 2.24) is 9.13 Å². The van der Waals surface area contributed by atoms with E-state index in [0.29, 0.717) is 0 Å². The average Bonchev–Trinajstić information content (AvgIpc) is 3.84. The number of fused-ring (bicyclic) bond motifs is 7. The second kappa shape index (κ2) is 14.5. The molecule has 0 aliphatic heterocycles. The second-order valence-corrected chi connectivity index (χ2v) is 16.3. The van der Waals surface area contributed by atoms with Gasteiger partial charge in [-0.25, -0.2) is 0 Å². The van der Waals surface area contributed by atoms with E-state index in [0.717, 1.165) is 22.7 Å². The van der Waals surface area contributed by atoms with Crippen molar-refractivity contribution < 1.29 is 0 Å². The molecule has 12 rings (SSSR count). The van der Waals surface area contributed by atoms with Gasteiger partial charge in [-0.3, -0.25) is 0 Å². The van der Waals surface area contributed by atoms with E-state index in [1.807, 2.05) is 0 Å². The van der Waals surface area contributed by atoms with Gasteiger partial charge in [-0.2, -0.15) is 0 Å². The summed E-state index contributed by atoms with van der Waals surface area (Å²) in [5.41, 5.74) is 16.6. The molecule has 0 aliphatic rings. The van der Waals surface area contributed by atoms with Crippen LogP contribution in [0.4, 0.5) is 17.1 Å². The van der Waals surface area contributed by atoms with Crippen molar-refractivity contribution in [3.05, 3.63) is 236 Å². The zero-order valence-corrected chi connectivity index (χ0v) is 34.3. The predicted octanol–water partition coefficient (Wildman–Crippen LogP) is 16.1. The van der Waals surface area contributed by atoms with Crippen molar-refractivity contribution in [3.63, 3.8) is 0 Å². The molecule has 0 atom stereocenters. The Balaban J connectivity index is 0.910. The number of aromatic nitrogens is 2. The number of hydrogen-bond acceptors (Lipinski definition) is 1. The minimum Gasteiger partial charge on any atom is -0.311 e. The lowest BCUT2D eigenvalue weighted by atomic mass is 10.0. The van der Waals surface area contributed by atoms with Gasteiger partial charge in [-0.05, 0) is 131 Å². The van der Waals surface area contributed by atoms with E-state index in [1.54, 1.807) is 0 Å². The number of para-hydroxylation sites is 4. The molecule has 0 saturated heterocycles. The van der Waals surface area contributed by atoms with Crippen molar-refractivity contribution in [3.8, 4) is 33.6 Å². The molecule has 0 saturated carbocycles. The summed E-state index contributed by atoms with van der Waals surface area (Å²) >= 11 is 0. The molecule has 62 heavy (non-hydrogen) atoms. The third kappa shape index (κ3) is 5.89. The molecule has 0 amide bonds. The van der Waals surface area contributed by atoms with Gasteiger partial charge in [-0.15, -0.1) is 0 Å². The van der Waals surface area contributed by atoms with Crippen molar-refractivity contribution in [2.75, 3.05) is 4.90 Å². The number of hydrogen-bond donors (Lipinski definition) is 0. The summed E-state index contributed by atoms with van der Waals surface area (Å²) in [6, 6.07) is 83.9. The Bertz CT molecular complexity index is 3580. The van der Waals surface area contributed by atoms with Crippen LogP contribution in [0, 0.1) is 6.92 Å². The van der Waals surface area contributed by atoms with Crippen LogP contribution in [0.3, 0.4) is 0 Å². The molecule has 292 valence electrons. The predicted molar refractivity (Wildman–Crippen MR) is 263 cm³/mol. The van der Waals surface area contributed by atoms with Gasteiger partial charge in [0.15, 0.2) is 0 Å². The summed E-state index contributed by atoms with van der Waals surface area (Å²) in [6.07, 6.45) is 0. The normalized spacial score (nSPS) is 11.6. The summed E-state index contributed by atoms with van der Waals surface area (Å²) in [7, 11) is 0. The largest absolute Gasteiger partial charge is 0.311 e. The monoisotopic (exact) mass is 791 g/mol. The van der Waals surface area contributed by atoms with Gasteiger partial charge in [0.2, 0.25) is 0 Å². The zero-order valence-electron chi connectivity index (χ0n) is 34.3. The quantitative estimate of drug-likeness (QED) is 0.157. The van der Waals surface area contributed by atoms with Crippen molar-refractivity contribution >= 4 is 71.4 Å². The fourth-order valence-electron chi connectivity index (χ4n) is 9.67. The molecule has 0 aliphatic carbocycles. The van der Waals surface area contributed by atoms with Gasteiger partial charge in [0, 0.05) is 49.7 Å². The second-order valence-electron chi connectivity index (χ2n) is 16.3. The summed E-state index contributed by atoms with van der Waals surface area (Å²) in [5, 5.41) is 7.51. The van der Waals surface area contributed by atoms with E-state index < -0.39 is 0 Å². The number of nitrogens with zero attached hydrogens (tertiary/aromatic N) is 3. The first-order valence-corrected chi connectivity index (χ1v) is 21.3. The zero-order chi connectivity index (χ0) is 41.1. The van der Waals surface area contributed by atoms with E-state index in [1.165, 1.54) is 87.9 Å². The molecule has 12 aromatic rings. The first-order valence-electron chi connectivity index (χ1n) is 21.3. The fourth-order valence-corrected chi connectivity index (χ4v) is 9.67.